The molecule has 0 spiro atoms. The SMILES string of the molecule is Nc1ncnc2c1ncn2C1O[C@@H]2COP(O)(=S)OC3C(O)[C@@H](COP(=O)(O)OC2C1F)O[C@H]3n1cnc2c(N)ncnc21. The van der Waals surface area contributed by atoms with Gasteiger partial charge in [0.1, 0.15) is 54.2 Å². The maximum atomic E-state index is 15.9. The highest BCUT2D eigenvalue weighted by atomic mass is 32.5. The van der Waals surface area contributed by atoms with Crippen LogP contribution in [-0.4, -0.2) is 104 Å². The van der Waals surface area contributed by atoms with Gasteiger partial charge in [0.15, 0.2) is 41.6 Å². The Bertz CT molecular complexity index is 1830. The summed E-state index contributed by atoms with van der Waals surface area (Å²) in [5.41, 5.74) is 12.4. The summed E-state index contributed by atoms with van der Waals surface area (Å²) in [4.78, 5) is 45.8. The van der Waals surface area contributed by atoms with Gasteiger partial charge in [-0.15, -0.1) is 0 Å². The number of anilines is 2. The molecule has 4 aromatic heterocycles. The van der Waals surface area contributed by atoms with E-state index >= 15 is 4.39 Å². The fourth-order valence-corrected chi connectivity index (χ4v) is 7.56. The van der Waals surface area contributed by atoms with E-state index in [1.54, 1.807) is 0 Å². The minimum absolute atomic E-state index is 0.0348. The van der Waals surface area contributed by atoms with Crippen LogP contribution in [0.15, 0.2) is 25.3 Å². The molecule has 7 rings (SSSR count). The molecule has 7 heterocycles. The first-order valence-electron chi connectivity index (χ1n) is 12.7. The number of rotatable bonds is 2. The number of fused-ring (bicyclic) bond motifs is 5. The Morgan fingerprint density at radius 3 is 2.05 bits per heavy atom. The van der Waals surface area contributed by atoms with E-state index in [2.05, 4.69) is 29.9 Å². The molecule has 4 aromatic rings. The lowest BCUT2D eigenvalue weighted by Gasteiger charge is -2.27. The molecular weight excluding hydrogens is 653 g/mol. The van der Waals surface area contributed by atoms with E-state index in [0.29, 0.717) is 0 Å². The van der Waals surface area contributed by atoms with Crippen molar-refractivity contribution >= 4 is 60.3 Å². The molecule has 0 radical (unpaired) electrons. The van der Waals surface area contributed by atoms with Crippen molar-refractivity contribution in [3.8, 4) is 0 Å². The molecule has 24 heteroatoms. The first-order valence-corrected chi connectivity index (χ1v) is 16.8. The van der Waals surface area contributed by atoms with E-state index < -0.39 is 76.9 Å². The van der Waals surface area contributed by atoms with E-state index in [-0.39, 0.29) is 34.0 Å². The Morgan fingerprint density at radius 2 is 1.41 bits per heavy atom. The van der Waals surface area contributed by atoms with Gasteiger partial charge >= 0.3 is 14.5 Å². The lowest BCUT2D eigenvalue weighted by atomic mass is 10.1. The van der Waals surface area contributed by atoms with Crippen LogP contribution in [-0.2, 0) is 43.9 Å². The number of hydrogen-bond donors (Lipinski definition) is 5. The van der Waals surface area contributed by atoms with Crippen LogP contribution in [0.2, 0.25) is 0 Å². The van der Waals surface area contributed by atoms with Gasteiger partial charge in [0.25, 0.3) is 0 Å². The van der Waals surface area contributed by atoms with Gasteiger partial charge in [-0.3, -0.25) is 22.7 Å². The highest BCUT2D eigenvalue weighted by Crippen LogP contribution is 2.54. The quantitative estimate of drug-likeness (QED) is 0.167. The predicted molar refractivity (Wildman–Crippen MR) is 146 cm³/mol. The van der Waals surface area contributed by atoms with Gasteiger partial charge in [-0.1, -0.05) is 0 Å². The van der Waals surface area contributed by atoms with Crippen molar-refractivity contribution in [1.82, 2.24) is 39.0 Å². The molecule has 0 aromatic carbocycles. The fourth-order valence-electron chi connectivity index (χ4n) is 5.19. The van der Waals surface area contributed by atoms with Crippen molar-refractivity contribution in [1.29, 1.82) is 0 Å². The number of phosphoric ester groups is 1. The monoisotopic (exact) mass is 676 g/mol. The number of aliphatic hydroxyl groups is 1. The third-order valence-corrected chi connectivity index (χ3v) is 9.76. The van der Waals surface area contributed by atoms with Crippen LogP contribution in [0.25, 0.3) is 22.3 Å². The van der Waals surface area contributed by atoms with Crippen LogP contribution in [0, 0.1) is 0 Å². The van der Waals surface area contributed by atoms with Crippen LogP contribution in [0.4, 0.5) is 16.0 Å². The van der Waals surface area contributed by atoms with Crippen LogP contribution in [0.3, 0.4) is 0 Å². The second-order valence-electron chi connectivity index (χ2n) is 9.90. The molecule has 3 saturated heterocycles. The summed E-state index contributed by atoms with van der Waals surface area (Å²) in [6.07, 6.45) is -7.61. The number of imidazole rings is 2. The van der Waals surface area contributed by atoms with Crippen molar-refractivity contribution < 1.29 is 51.4 Å². The summed E-state index contributed by atoms with van der Waals surface area (Å²) in [5, 5.41) is 11.1. The average molecular weight is 676 g/mol. The molecule has 7 unspecified atom stereocenters. The van der Waals surface area contributed by atoms with Gasteiger partial charge in [-0.05, 0) is 11.8 Å². The number of phosphoric acid groups is 1. The summed E-state index contributed by atoms with van der Waals surface area (Å²) in [7, 11) is -5.05. The highest BCUT2D eigenvalue weighted by Gasteiger charge is 2.54. The van der Waals surface area contributed by atoms with Gasteiger partial charge in [-0.25, -0.2) is 38.9 Å². The van der Waals surface area contributed by atoms with E-state index in [9.17, 15) is 19.5 Å². The van der Waals surface area contributed by atoms with Gasteiger partial charge in [0.2, 0.25) is 0 Å². The molecule has 0 saturated carbocycles. The predicted octanol–water partition coefficient (Wildman–Crippen LogP) is -0.541. The average Bonchev–Trinajstić information content (AvgIpc) is 3.73. The summed E-state index contributed by atoms with van der Waals surface area (Å²) in [6, 6.07) is 0. The number of halogens is 1. The number of hydrogen-bond acceptors (Lipinski definition) is 17. The van der Waals surface area contributed by atoms with Crippen LogP contribution >= 0.6 is 14.5 Å². The fraction of sp³-hybridized carbons (Fsp3) is 0.500. The second-order valence-corrected chi connectivity index (χ2v) is 14.1. The molecule has 7 N–H and O–H groups in total. The van der Waals surface area contributed by atoms with E-state index in [0.717, 1.165) is 6.33 Å². The molecule has 10 atom stereocenters. The molecule has 2 bridgehead atoms. The molecule has 44 heavy (non-hydrogen) atoms. The lowest BCUT2D eigenvalue weighted by Crippen LogP contribution is -2.35. The minimum Gasteiger partial charge on any atom is -0.387 e. The summed E-state index contributed by atoms with van der Waals surface area (Å²) < 4.78 is 64.7. The Balaban J connectivity index is 1.20. The van der Waals surface area contributed by atoms with Gasteiger partial charge in [0.05, 0.1) is 25.9 Å². The highest BCUT2D eigenvalue weighted by molar-refractivity contribution is 8.07. The zero-order valence-electron chi connectivity index (χ0n) is 22.0. The van der Waals surface area contributed by atoms with Gasteiger partial charge in [0, 0.05) is 0 Å². The standard InChI is InChI=1S/C20H23FN10O10P2S/c21-9-13-8(39-19(9)30-5-28-10-15(22)24-3-26-17(10)30)2-37-43(35,44)41-14-12(32)7(1-36-42(33,34)40-13)38-20(14)31-6-29-11-16(23)25-4-27-18(11)31/h3-9,12-14,19-20,32H,1-2H2,(H,33,34)(H,35,44)(H2,22,24,26)(H2,23,25,27)/t7-,8-,9?,12?,13?,14?,19?,20-,43?/m1/s1. The number of nitrogens with zero attached hydrogens (tertiary/aromatic N) is 8. The third kappa shape index (κ3) is 5.15. The Hall–Kier alpha value is -2.85. The smallest absolute Gasteiger partial charge is 0.387 e. The van der Waals surface area contributed by atoms with Crippen molar-refractivity contribution in [2.75, 3.05) is 24.7 Å². The zero-order valence-corrected chi connectivity index (χ0v) is 24.6. The van der Waals surface area contributed by atoms with E-state index in [1.165, 1.54) is 28.1 Å². The summed E-state index contributed by atoms with van der Waals surface area (Å²) >= 11 is 5.21. The first-order chi connectivity index (χ1) is 20.9. The number of nitrogen functional groups attached to an aromatic ring is 2. The molecule has 236 valence electrons. The van der Waals surface area contributed by atoms with Crippen molar-refractivity contribution in [3.05, 3.63) is 25.3 Å². The zero-order chi connectivity index (χ0) is 31.0. The molecule has 0 amide bonds. The molecule has 3 aliphatic heterocycles. The minimum atomic E-state index is -5.05. The van der Waals surface area contributed by atoms with Crippen molar-refractivity contribution in [2.24, 2.45) is 0 Å². The van der Waals surface area contributed by atoms with Gasteiger partial charge < -0.3 is 40.4 Å². The van der Waals surface area contributed by atoms with Crippen LogP contribution < -0.4 is 11.5 Å². The van der Waals surface area contributed by atoms with Gasteiger partial charge in [-0.2, -0.15) is 0 Å². The molecule has 3 fully saturated rings. The van der Waals surface area contributed by atoms with Crippen LogP contribution in [0.1, 0.15) is 12.5 Å². The third-order valence-electron chi connectivity index (χ3n) is 7.22. The number of nitrogens with two attached hydrogens (primary N) is 2. The molecule has 0 aliphatic carbocycles. The second kappa shape index (κ2) is 10.9. The van der Waals surface area contributed by atoms with Crippen LogP contribution in [0.5, 0.6) is 0 Å². The number of alkyl halides is 1. The Labute approximate surface area is 249 Å². The number of aromatic nitrogens is 8. The number of aliphatic hydroxyl groups excluding tert-OH is 1. The summed E-state index contributed by atoms with van der Waals surface area (Å²) in [5.74, 6) is 0.101. The van der Waals surface area contributed by atoms with E-state index in [4.69, 9.17) is 50.8 Å². The topological polar surface area (TPSA) is 272 Å². The first kappa shape index (κ1) is 29.8. The number of ether oxygens (including phenoxy) is 2. The molecule has 20 nitrogen and oxygen atoms in total. The van der Waals surface area contributed by atoms with E-state index in [1.807, 2.05) is 0 Å². The largest absolute Gasteiger partial charge is 0.472 e. The van der Waals surface area contributed by atoms with Crippen molar-refractivity contribution in [3.63, 3.8) is 0 Å². The summed E-state index contributed by atoms with van der Waals surface area (Å²) in [6.45, 7) is -5.66. The molecule has 3 aliphatic rings. The normalized spacial score (nSPS) is 38.3. The maximum Gasteiger partial charge on any atom is 0.472 e. The Kier molecular flexibility index (Phi) is 7.39. The van der Waals surface area contributed by atoms with Crippen molar-refractivity contribution in [2.45, 2.75) is 49.1 Å². The molecular formula is C20H23FN10O10P2S. The maximum absolute atomic E-state index is 15.9. The Morgan fingerprint density at radius 1 is 0.841 bits per heavy atom. The lowest BCUT2D eigenvalue weighted by molar-refractivity contribution is -0.0635.